The molecule has 0 aromatic carbocycles. The highest BCUT2D eigenvalue weighted by atomic mass is 31.2. The van der Waals surface area contributed by atoms with Crippen LogP contribution in [0, 0.1) is 0 Å². The summed E-state index contributed by atoms with van der Waals surface area (Å²) in [7, 11) is -4.26. The molecule has 0 fully saturated rings. The smallest absolute Gasteiger partial charge is 0.472 e. The number of hydrogen-bond donors (Lipinski definition) is 2. The third-order valence-electron chi connectivity index (χ3n) is 9.30. The second kappa shape index (κ2) is 39.3. The summed E-state index contributed by atoms with van der Waals surface area (Å²) in [5.74, 6) is -0.286. The molecule has 3 N–H and O–H groups in total. The van der Waals surface area contributed by atoms with Crippen LogP contribution in [0.3, 0.4) is 0 Å². The van der Waals surface area contributed by atoms with Crippen LogP contribution in [0.15, 0.2) is 12.3 Å². The molecular formula is C41H82NO7P. The van der Waals surface area contributed by atoms with Gasteiger partial charge in [0.15, 0.2) is 6.10 Å². The maximum absolute atomic E-state index is 12.4. The maximum atomic E-state index is 12.4. The molecule has 0 rings (SSSR count). The second-order valence-corrected chi connectivity index (χ2v) is 15.7. The largest absolute Gasteiger partial charge is 0.492 e. The second-order valence-electron chi connectivity index (χ2n) is 14.3. The molecule has 0 radical (unpaired) electrons. The number of phosphoric acid groups is 1. The number of unbranched alkanes of at least 4 members (excludes halogenated alkanes) is 28. The number of hydrogen-bond acceptors (Lipinski definition) is 7. The number of carbonyl (C=O) groups excluding carboxylic acids is 1. The van der Waals surface area contributed by atoms with Gasteiger partial charge in [0.25, 0.3) is 0 Å². The van der Waals surface area contributed by atoms with Crippen LogP contribution in [-0.2, 0) is 27.9 Å². The molecule has 9 heteroatoms. The van der Waals surface area contributed by atoms with Crippen molar-refractivity contribution in [2.24, 2.45) is 5.73 Å². The van der Waals surface area contributed by atoms with E-state index in [2.05, 4.69) is 13.8 Å². The number of allylic oxidation sites excluding steroid dienone is 1. The molecule has 0 bridgehead atoms. The van der Waals surface area contributed by atoms with E-state index < -0.39 is 13.9 Å². The van der Waals surface area contributed by atoms with Crippen molar-refractivity contribution in [1.82, 2.24) is 0 Å². The van der Waals surface area contributed by atoms with Crippen molar-refractivity contribution in [2.75, 3.05) is 26.4 Å². The van der Waals surface area contributed by atoms with Crippen LogP contribution in [0.5, 0.6) is 0 Å². The van der Waals surface area contributed by atoms with E-state index in [-0.39, 0.29) is 32.3 Å². The van der Waals surface area contributed by atoms with Crippen molar-refractivity contribution in [2.45, 2.75) is 219 Å². The molecule has 0 amide bonds. The number of rotatable bonds is 41. The molecule has 0 heterocycles. The molecule has 1 unspecified atom stereocenters. The molecule has 8 nitrogen and oxygen atoms in total. The fourth-order valence-electron chi connectivity index (χ4n) is 6.10. The molecule has 0 aliphatic carbocycles. The van der Waals surface area contributed by atoms with Gasteiger partial charge in [-0.25, -0.2) is 4.57 Å². The van der Waals surface area contributed by atoms with Gasteiger partial charge in [0.2, 0.25) is 0 Å². The number of phosphoric ester groups is 1. The van der Waals surface area contributed by atoms with Gasteiger partial charge in [0.1, 0.15) is 6.61 Å². The summed E-state index contributed by atoms with van der Waals surface area (Å²) in [5.41, 5.74) is 5.36. The average Bonchev–Trinajstić information content (AvgIpc) is 3.11. The molecule has 0 saturated carbocycles. The predicted molar refractivity (Wildman–Crippen MR) is 210 cm³/mol. The Hall–Kier alpha value is -0.920. The zero-order valence-corrected chi connectivity index (χ0v) is 33.8. The molecule has 2 atom stereocenters. The van der Waals surface area contributed by atoms with Gasteiger partial charge in [0, 0.05) is 13.0 Å². The lowest BCUT2D eigenvalue weighted by Crippen LogP contribution is -2.25. The van der Waals surface area contributed by atoms with Crippen molar-refractivity contribution in [3.05, 3.63) is 12.3 Å². The normalized spacial score (nSPS) is 13.5. The van der Waals surface area contributed by atoms with E-state index in [0.29, 0.717) is 6.42 Å². The topological polar surface area (TPSA) is 117 Å². The Labute approximate surface area is 309 Å². The molecule has 0 aromatic rings. The fourth-order valence-corrected chi connectivity index (χ4v) is 6.86. The standard InChI is InChI=1S/C41H82NO7P/c1-3-5-7-9-11-13-15-17-19-20-21-22-24-26-28-30-32-34-41(43)47-38-40(39-49-50(44,45)48-37-35-42)46-36-33-31-29-27-25-23-18-16-14-12-10-8-6-4-2/h33,36,40H,3-32,34-35,37-39,42H2,1-2H3,(H,44,45)/t40-/m1/s1. The van der Waals surface area contributed by atoms with Crippen molar-refractivity contribution in [3.63, 3.8) is 0 Å². The van der Waals surface area contributed by atoms with Gasteiger partial charge in [-0.05, 0) is 25.3 Å². The number of ether oxygens (including phenoxy) is 2. The minimum atomic E-state index is -4.26. The Morgan fingerprint density at radius 1 is 0.600 bits per heavy atom. The first-order valence-electron chi connectivity index (χ1n) is 21.2. The summed E-state index contributed by atoms with van der Waals surface area (Å²) in [5, 5.41) is 0. The Bertz CT molecular complexity index is 782. The van der Waals surface area contributed by atoms with Crippen molar-refractivity contribution < 1.29 is 32.8 Å². The summed E-state index contributed by atoms with van der Waals surface area (Å²) in [6, 6.07) is 0. The lowest BCUT2D eigenvalue weighted by atomic mass is 10.0. The van der Waals surface area contributed by atoms with Crippen LogP contribution in [0.4, 0.5) is 0 Å². The summed E-state index contributed by atoms with van der Waals surface area (Å²) < 4.78 is 33.2. The van der Waals surface area contributed by atoms with Crippen LogP contribution < -0.4 is 5.73 Å². The highest BCUT2D eigenvalue weighted by molar-refractivity contribution is 7.47. The van der Waals surface area contributed by atoms with Crippen LogP contribution in [0.2, 0.25) is 0 Å². The van der Waals surface area contributed by atoms with Crippen molar-refractivity contribution >= 4 is 13.8 Å². The molecule has 0 saturated heterocycles. The van der Waals surface area contributed by atoms with Crippen LogP contribution in [-0.4, -0.2) is 43.3 Å². The minimum absolute atomic E-state index is 0.0579. The van der Waals surface area contributed by atoms with E-state index in [1.165, 1.54) is 161 Å². The SMILES string of the molecule is CCCCCCCCCCCCCCC=CO[C@H](COC(=O)CCCCCCCCCCCCCCCCCCC)COP(=O)(O)OCCN. The maximum Gasteiger partial charge on any atom is 0.472 e. The lowest BCUT2D eigenvalue weighted by molar-refractivity contribution is -0.147. The highest BCUT2D eigenvalue weighted by Gasteiger charge is 2.24. The van der Waals surface area contributed by atoms with Gasteiger partial charge in [-0.2, -0.15) is 0 Å². The van der Waals surface area contributed by atoms with E-state index in [0.717, 1.165) is 32.1 Å². The molecule has 50 heavy (non-hydrogen) atoms. The molecule has 0 aliphatic rings. The van der Waals surface area contributed by atoms with Crippen molar-refractivity contribution in [3.8, 4) is 0 Å². The molecular weight excluding hydrogens is 649 g/mol. The van der Waals surface area contributed by atoms with E-state index in [1.54, 1.807) is 6.26 Å². The van der Waals surface area contributed by atoms with Crippen LogP contribution >= 0.6 is 7.82 Å². The van der Waals surface area contributed by atoms with Gasteiger partial charge >= 0.3 is 13.8 Å². The van der Waals surface area contributed by atoms with Gasteiger partial charge in [-0.1, -0.05) is 187 Å². The fraction of sp³-hybridized carbons (Fsp3) is 0.927. The van der Waals surface area contributed by atoms with Gasteiger partial charge in [-0.3, -0.25) is 13.8 Å². The zero-order chi connectivity index (χ0) is 36.6. The monoisotopic (exact) mass is 732 g/mol. The molecule has 0 aromatic heterocycles. The summed E-state index contributed by atoms with van der Waals surface area (Å²) in [6.45, 7) is 4.25. The lowest BCUT2D eigenvalue weighted by Gasteiger charge is -2.19. The first-order valence-corrected chi connectivity index (χ1v) is 22.7. The summed E-state index contributed by atoms with van der Waals surface area (Å²) >= 11 is 0. The Balaban J connectivity index is 4.03. The Kier molecular flexibility index (Phi) is 38.6. The predicted octanol–water partition coefficient (Wildman–Crippen LogP) is 12.7. The molecule has 298 valence electrons. The third kappa shape index (κ3) is 38.3. The first kappa shape index (κ1) is 49.1. The average molecular weight is 732 g/mol. The van der Waals surface area contributed by atoms with Crippen molar-refractivity contribution in [1.29, 1.82) is 0 Å². The third-order valence-corrected chi connectivity index (χ3v) is 10.3. The Morgan fingerprint density at radius 2 is 1.00 bits per heavy atom. The quantitative estimate of drug-likeness (QED) is 0.0276. The number of carbonyl (C=O) groups is 1. The van der Waals surface area contributed by atoms with E-state index in [4.69, 9.17) is 24.3 Å². The summed E-state index contributed by atoms with van der Waals surface area (Å²) in [4.78, 5) is 22.2. The summed E-state index contributed by atoms with van der Waals surface area (Å²) in [6.07, 6.45) is 41.8. The molecule has 0 aliphatic heterocycles. The number of esters is 1. The van der Waals surface area contributed by atoms with E-state index >= 15 is 0 Å². The van der Waals surface area contributed by atoms with Crippen LogP contribution in [0.1, 0.15) is 213 Å². The highest BCUT2D eigenvalue weighted by Crippen LogP contribution is 2.43. The minimum Gasteiger partial charge on any atom is -0.492 e. The van der Waals surface area contributed by atoms with Gasteiger partial charge in [-0.15, -0.1) is 0 Å². The number of nitrogens with two attached hydrogens (primary N) is 1. The van der Waals surface area contributed by atoms with E-state index in [1.807, 2.05) is 6.08 Å². The van der Waals surface area contributed by atoms with Gasteiger partial charge in [0.05, 0.1) is 19.5 Å². The van der Waals surface area contributed by atoms with Crippen LogP contribution in [0.25, 0.3) is 0 Å². The first-order chi connectivity index (χ1) is 24.4. The van der Waals surface area contributed by atoms with Gasteiger partial charge < -0.3 is 20.1 Å². The van der Waals surface area contributed by atoms with E-state index in [9.17, 15) is 14.3 Å². The zero-order valence-electron chi connectivity index (χ0n) is 32.9. The Morgan fingerprint density at radius 3 is 1.42 bits per heavy atom. The molecule has 0 spiro atoms.